The molecule has 1 aromatic rings. The molecule has 17 heavy (non-hydrogen) atoms. The molecule has 98 valence electrons. The fourth-order valence-corrected chi connectivity index (χ4v) is 2.27. The molecule has 1 aromatic heterocycles. The van der Waals surface area contributed by atoms with Crippen LogP contribution in [0.4, 0.5) is 0 Å². The summed E-state index contributed by atoms with van der Waals surface area (Å²) in [6.07, 6.45) is 4.67. The van der Waals surface area contributed by atoms with Gasteiger partial charge in [-0.3, -0.25) is 0 Å². The summed E-state index contributed by atoms with van der Waals surface area (Å²) < 4.78 is 10.8. The molecule has 3 heteroatoms. The Kier molecular flexibility index (Phi) is 6.30. The Morgan fingerprint density at radius 3 is 2.41 bits per heavy atom. The molecule has 0 aliphatic carbocycles. The smallest absolute Gasteiger partial charge is 0.129 e. The van der Waals surface area contributed by atoms with Crippen LogP contribution in [0.1, 0.15) is 57.1 Å². The third-order valence-corrected chi connectivity index (χ3v) is 3.12. The number of methoxy groups -OCH3 is 1. The van der Waals surface area contributed by atoms with Gasteiger partial charge in [-0.2, -0.15) is 0 Å². The molecule has 3 nitrogen and oxygen atoms in total. The molecule has 0 aliphatic heterocycles. The number of rotatable bonds is 8. The maximum Gasteiger partial charge on any atom is 0.129 e. The molecule has 0 fully saturated rings. The predicted molar refractivity (Wildman–Crippen MR) is 69.7 cm³/mol. The maximum absolute atomic E-state index is 6.29. The largest absolute Gasteiger partial charge is 0.462 e. The number of ether oxygens (including phenoxy) is 1. The lowest BCUT2D eigenvalue weighted by Gasteiger charge is -2.21. The van der Waals surface area contributed by atoms with E-state index >= 15 is 0 Å². The molecule has 0 aromatic carbocycles. The van der Waals surface area contributed by atoms with Gasteiger partial charge in [0.15, 0.2) is 0 Å². The third-order valence-electron chi connectivity index (χ3n) is 3.12. The Labute approximate surface area is 104 Å². The standard InChI is InChI=1S/C14H25NO2/c1-4-6-11(7-5-2)14(15)13-9-8-12(17-13)10-16-3/h8-9,11,14H,4-7,10,15H2,1-3H3. The van der Waals surface area contributed by atoms with Crippen molar-refractivity contribution in [3.63, 3.8) is 0 Å². The average Bonchev–Trinajstić information content (AvgIpc) is 2.77. The molecule has 0 saturated carbocycles. The van der Waals surface area contributed by atoms with Gasteiger partial charge in [0.05, 0.1) is 6.04 Å². The van der Waals surface area contributed by atoms with E-state index in [4.69, 9.17) is 14.9 Å². The van der Waals surface area contributed by atoms with Gasteiger partial charge in [-0.05, 0) is 30.9 Å². The van der Waals surface area contributed by atoms with Crippen LogP contribution >= 0.6 is 0 Å². The van der Waals surface area contributed by atoms with Crippen molar-refractivity contribution >= 4 is 0 Å². The molecule has 1 heterocycles. The molecule has 1 unspecified atom stereocenters. The summed E-state index contributed by atoms with van der Waals surface area (Å²) in [6.45, 7) is 4.92. The molecule has 2 N–H and O–H groups in total. The summed E-state index contributed by atoms with van der Waals surface area (Å²) in [6, 6.07) is 3.95. The summed E-state index contributed by atoms with van der Waals surface area (Å²) in [4.78, 5) is 0. The van der Waals surface area contributed by atoms with Crippen molar-refractivity contribution in [2.45, 2.75) is 52.2 Å². The van der Waals surface area contributed by atoms with Crippen molar-refractivity contribution in [3.05, 3.63) is 23.7 Å². The zero-order valence-electron chi connectivity index (χ0n) is 11.2. The van der Waals surface area contributed by atoms with Gasteiger partial charge in [-0.15, -0.1) is 0 Å². The normalized spacial score (nSPS) is 13.2. The number of furan rings is 1. The second kappa shape index (κ2) is 7.51. The first kappa shape index (κ1) is 14.3. The highest BCUT2D eigenvalue weighted by Crippen LogP contribution is 2.28. The molecule has 0 saturated heterocycles. The minimum Gasteiger partial charge on any atom is -0.462 e. The van der Waals surface area contributed by atoms with Crippen LogP contribution in [0.2, 0.25) is 0 Å². The van der Waals surface area contributed by atoms with E-state index in [-0.39, 0.29) is 6.04 Å². The molecule has 1 rings (SSSR count). The van der Waals surface area contributed by atoms with Crippen LogP contribution in [0.25, 0.3) is 0 Å². The van der Waals surface area contributed by atoms with Crippen LogP contribution in [0.3, 0.4) is 0 Å². The molecular weight excluding hydrogens is 214 g/mol. The first-order chi connectivity index (χ1) is 8.22. The Hall–Kier alpha value is -0.800. The Balaban J connectivity index is 2.66. The number of hydrogen-bond acceptors (Lipinski definition) is 3. The monoisotopic (exact) mass is 239 g/mol. The van der Waals surface area contributed by atoms with E-state index in [2.05, 4.69) is 13.8 Å². The van der Waals surface area contributed by atoms with Gasteiger partial charge in [-0.1, -0.05) is 26.7 Å². The summed E-state index contributed by atoms with van der Waals surface area (Å²) in [5, 5.41) is 0. The second-order valence-electron chi connectivity index (χ2n) is 4.60. The van der Waals surface area contributed by atoms with Gasteiger partial charge in [0, 0.05) is 7.11 Å². The zero-order valence-corrected chi connectivity index (χ0v) is 11.2. The molecule has 1 atom stereocenters. The summed E-state index contributed by atoms with van der Waals surface area (Å²) >= 11 is 0. The van der Waals surface area contributed by atoms with Crippen molar-refractivity contribution in [2.75, 3.05) is 7.11 Å². The SMILES string of the molecule is CCCC(CCC)C(N)c1ccc(COC)o1. The van der Waals surface area contributed by atoms with Crippen molar-refractivity contribution in [1.82, 2.24) is 0 Å². The van der Waals surface area contributed by atoms with Crippen molar-refractivity contribution in [1.29, 1.82) is 0 Å². The van der Waals surface area contributed by atoms with Crippen molar-refractivity contribution < 1.29 is 9.15 Å². The number of nitrogens with two attached hydrogens (primary N) is 1. The van der Waals surface area contributed by atoms with Crippen molar-refractivity contribution in [2.24, 2.45) is 11.7 Å². The quantitative estimate of drug-likeness (QED) is 0.753. The fraction of sp³-hybridized carbons (Fsp3) is 0.714. The first-order valence-corrected chi connectivity index (χ1v) is 6.56. The van der Waals surface area contributed by atoms with Gasteiger partial charge >= 0.3 is 0 Å². The highest BCUT2D eigenvalue weighted by atomic mass is 16.5. The highest BCUT2D eigenvalue weighted by Gasteiger charge is 2.20. The third kappa shape index (κ3) is 4.17. The van der Waals surface area contributed by atoms with Crippen LogP contribution in [0.15, 0.2) is 16.5 Å². The maximum atomic E-state index is 6.29. The molecular formula is C14H25NO2. The van der Waals surface area contributed by atoms with E-state index in [0.29, 0.717) is 12.5 Å². The van der Waals surface area contributed by atoms with E-state index in [0.717, 1.165) is 24.4 Å². The van der Waals surface area contributed by atoms with E-state index in [1.807, 2.05) is 12.1 Å². The van der Waals surface area contributed by atoms with Crippen LogP contribution in [0.5, 0.6) is 0 Å². The lowest BCUT2D eigenvalue weighted by Crippen LogP contribution is -2.20. The molecule has 0 radical (unpaired) electrons. The topological polar surface area (TPSA) is 48.4 Å². The number of hydrogen-bond donors (Lipinski definition) is 1. The zero-order chi connectivity index (χ0) is 12.7. The van der Waals surface area contributed by atoms with Crippen LogP contribution < -0.4 is 5.73 Å². The lowest BCUT2D eigenvalue weighted by atomic mass is 9.90. The fourth-order valence-electron chi connectivity index (χ4n) is 2.27. The molecule has 0 bridgehead atoms. The Morgan fingerprint density at radius 1 is 1.24 bits per heavy atom. The molecule has 0 aliphatic rings. The Bertz CT molecular complexity index is 303. The first-order valence-electron chi connectivity index (χ1n) is 6.56. The minimum absolute atomic E-state index is 0.0144. The van der Waals surface area contributed by atoms with Gasteiger partial charge < -0.3 is 14.9 Å². The van der Waals surface area contributed by atoms with Gasteiger partial charge in [-0.25, -0.2) is 0 Å². The van der Waals surface area contributed by atoms with E-state index in [1.165, 1.54) is 12.8 Å². The van der Waals surface area contributed by atoms with Crippen LogP contribution in [-0.4, -0.2) is 7.11 Å². The van der Waals surface area contributed by atoms with E-state index < -0.39 is 0 Å². The summed E-state index contributed by atoms with van der Waals surface area (Å²) in [5.74, 6) is 2.26. The highest BCUT2D eigenvalue weighted by molar-refractivity contribution is 5.10. The van der Waals surface area contributed by atoms with Crippen LogP contribution in [0, 0.1) is 5.92 Å². The van der Waals surface area contributed by atoms with E-state index in [1.54, 1.807) is 7.11 Å². The van der Waals surface area contributed by atoms with Gasteiger partial charge in [0.2, 0.25) is 0 Å². The van der Waals surface area contributed by atoms with Crippen LogP contribution in [-0.2, 0) is 11.3 Å². The average molecular weight is 239 g/mol. The second-order valence-corrected chi connectivity index (χ2v) is 4.60. The van der Waals surface area contributed by atoms with Gasteiger partial charge in [0.1, 0.15) is 18.1 Å². The molecule has 0 amide bonds. The lowest BCUT2D eigenvalue weighted by molar-refractivity contribution is 0.160. The summed E-state index contributed by atoms with van der Waals surface area (Å²) in [5.41, 5.74) is 6.29. The van der Waals surface area contributed by atoms with Gasteiger partial charge in [0.25, 0.3) is 0 Å². The van der Waals surface area contributed by atoms with Crippen molar-refractivity contribution in [3.8, 4) is 0 Å². The van der Waals surface area contributed by atoms with E-state index in [9.17, 15) is 0 Å². The Morgan fingerprint density at radius 2 is 1.88 bits per heavy atom. The predicted octanol–water partition coefficient (Wildman–Crippen LogP) is 3.64. The molecule has 0 spiro atoms. The summed E-state index contributed by atoms with van der Waals surface area (Å²) in [7, 11) is 1.67. The minimum atomic E-state index is 0.0144.